The van der Waals surface area contributed by atoms with Crippen LogP contribution in [0.25, 0.3) is 0 Å². The maximum absolute atomic E-state index is 13.9. The van der Waals surface area contributed by atoms with E-state index in [4.69, 9.17) is 4.74 Å². The number of carbonyl (C=O) groups excluding carboxylic acids is 2. The number of likely N-dealkylation sites (tertiary alicyclic amines) is 1. The zero-order valence-electron chi connectivity index (χ0n) is 11.8. The van der Waals surface area contributed by atoms with E-state index in [9.17, 15) is 14.0 Å². The van der Waals surface area contributed by atoms with Gasteiger partial charge in [0, 0.05) is 11.0 Å². The molecule has 1 aliphatic rings. The van der Waals surface area contributed by atoms with E-state index in [0.29, 0.717) is 17.4 Å². The predicted octanol–water partition coefficient (Wildman–Crippen LogP) is 3.15. The summed E-state index contributed by atoms with van der Waals surface area (Å²) in [6, 6.07) is 3.59. The lowest BCUT2D eigenvalue weighted by atomic mass is 10.0. The molecule has 4 nitrogen and oxygen atoms in total. The van der Waals surface area contributed by atoms with Crippen LogP contribution in [-0.4, -0.2) is 36.0 Å². The molecule has 0 saturated carbocycles. The first kappa shape index (κ1) is 15.9. The number of halogens is 2. The molecule has 0 spiro atoms. The molecule has 1 heterocycles. The standard InChI is InChI=1S/C15H17BrFNO3/c1-2-21-15(20)13-5-3-4-8-18(13)14(19)11-9-10(16)6-7-12(11)17/h6-7,9,13H,2-5,8H2,1H3. The quantitative estimate of drug-likeness (QED) is 0.780. The molecule has 1 aromatic rings. The summed E-state index contributed by atoms with van der Waals surface area (Å²) in [4.78, 5) is 25.9. The number of piperidine rings is 1. The number of esters is 1. The van der Waals surface area contributed by atoms with Gasteiger partial charge in [-0.25, -0.2) is 9.18 Å². The van der Waals surface area contributed by atoms with Crippen molar-refractivity contribution in [3.8, 4) is 0 Å². The summed E-state index contributed by atoms with van der Waals surface area (Å²) in [6.07, 6.45) is 2.21. The Morgan fingerprint density at radius 3 is 2.90 bits per heavy atom. The first-order valence-corrected chi connectivity index (χ1v) is 7.76. The van der Waals surface area contributed by atoms with Crippen molar-refractivity contribution in [2.45, 2.75) is 32.2 Å². The number of rotatable bonds is 3. The summed E-state index contributed by atoms with van der Waals surface area (Å²) in [5, 5.41) is 0. The van der Waals surface area contributed by atoms with E-state index in [2.05, 4.69) is 15.9 Å². The Bertz CT molecular complexity index is 550. The van der Waals surface area contributed by atoms with Crippen LogP contribution in [0, 0.1) is 5.82 Å². The van der Waals surface area contributed by atoms with Crippen LogP contribution in [0.1, 0.15) is 36.5 Å². The van der Waals surface area contributed by atoms with Crippen molar-refractivity contribution < 1.29 is 18.7 Å². The maximum atomic E-state index is 13.9. The van der Waals surface area contributed by atoms with Gasteiger partial charge in [0.25, 0.3) is 5.91 Å². The number of amides is 1. The maximum Gasteiger partial charge on any atom is 0.328 e. The number of carbonyl (C=O) groups is 2. The van der Waals surface area contributed by atoms with Crippen LogP contribution in [0.2, 0.25) is 0 Å². The third-order valence-electron chi connectivity index (χ3n) is 3.48. The zero-order valence-corrected chi connectivity index (χ0v) is 13.4. The van der Waals surface area contributed by atoms with Crippen LogP contribution in [0.3, 0.4) is 0 Å². The van der Waals surface area contributed by atoms with Crippen molar-refractivity contribution in [1.29, 1.82) is 0 Å². The van der Waals surface area contributed by atoms with Gasteiger partial charge in [-0.3, -0.25) is 4.79 Å². The van der Waals surface area contributed by atoms with Crippen molar-refractivity contribution in [3.05, 3.63) is 34.1 Å². The van der Waals surface area contributed by atoms with E-state index in [1.807, 2.05) is 0 Å². The van der Waals surface area contributed by atoms with Crippen molar-refractivity contribution >= 4 is 27.8 Å². The molecule has 1 saturated heterocycles. The summed E-state index contributed by atoms with van der Waals surface area (Å²) < 4.78 is 19.5. The van der Waals surface area contributed by atoms with E-state index in [1.54, 1.807) is 6.92 Å². The van der Waals surface area contributed by atoms with E-state index < -0.39 is 23.7 Å². The molecule has 0 aromatic heterocycles. The third-order valence-corrected chi connectivity index (χ3v) is 3.97. The largest absolute Gasteiger partial charge is 0.464 e. The number of hydrogen-bond acceptors (Lipinski definition) is 3. The molecule has 0 radical (unpaired) electrons. The van der Waals surface area contributed by atoms with Gasteiger partial charge in [-0.05, 0) is 44.4 Å². The monoisotopic (exact) mass is 357 g/mol. The van der Waals surface area contributed by atoms with Crippen LogP contribution in [0.5, 0.6) is 0 Å². The van der Waals surface area contributed by atoms with Gasteiger partial charge in [0.2, 0.25) is 0 Å². The average Bonchev–Trinajstić information content (AvgIpc) is 2.49. The third kappa shape index (κ3) is 3.61. The molecule has 1 aromatic carbocycles. The van der Waals surface area contributed by atoms with Crippen molar-refractivity contribution in [1.82, 2.24) is 4.90 Å². The molecule has 114 valence electrons. The number of ether oxygens (including phenoxy) is 1. The molecular weight excluding hydrogens is 341 g/mol. The normalized spacial score (nSPS) is 18.4. The molecule has 0 bridgehead atoms. The fourth-order valence-corrected chi connectivity index (χ4v) is 2.84. The van der Waals surface area contributed by atoms with E-state index in [0.717, 1.165) is 12.8 Å². The van der Waals surface area contributed by atoms with Crippen LogP contribution in [-0.2, 0) is 9.53 Å². The van der Waals surface area contributed by atoms with Gasteiger partial charge < -0.3 is 9.64 Å². The number of benzene rings is 1. The molecule has 0 N–H and O–H groups in total. The second-order valence-corrected chi connectivity index (χ2v) is 5.80. The molecule has 2 rings (SSSR count). The number of nitrogens with zero attached hydrogens (tertiary/aromatic N) is 1. The second kappa shape index (κ2) is 7.02. The first-order chi connectivity index (χ1) is 10.0. The lowest BCUT2D eigenvalue weighted by Crippen LogP contribution is -2.48. The summed E-state index contributed by atoms with van der Waals surface area (Å²) in [5.74, 6) is -1.47. The average molecular weight is 358 g/mol. The minimum absolute atomic E-state index is 0.0272. The SMILES string of the molecule is CCOC(=O)C1CCCCN1C(=O)c1cc(Br)ccc1F. The van der Waals surface area contributed by atoms with Gasteiger partial charge in [0.05, 0.1) is 12.2 Å². The van der Waals surface area contributed by atoms with Crippen molar-refractivity contribution in [2.24, 2.45) is 0 Å². The van der Waals surface area contributed by atoms with Gasteiger partial charge in [0.15, 0.2) is 0 Å². The highest BCUT2D eigenvalue weighted by atomic mass is 79.9. The van der Waals surface area contributed by atoms with Gasteiger partial charge in [-0.15, -0.1) is 0 Å². The van der Waals surface area contributed by atoms with Crippen molar-refractivity contribution in [2.75, 3.05) is 13.2 Å². The minimum Gasteiger partial charge on any atom is -0.464 e. The topological polar surface area (TPSA) is 46.6 Å². The zero-order chi connectivity index (χ0) is 15.4. The Morgan fingerprint density at radius 1 is 1.43 bits per heavy atom. The minimum atomic E-state index is -0.621. The second-order valence-electron chi connectivity index (χ2n) is 4.89. The summed E-state index contributed by atoms with van der Waals surface area (Å²) in [6.45, 7) is 2.43. The Hall–Kier alpha value is -1.43. The Kier molecular flexibility index (Phi) is 5.33. The van der Waals surface area contributed by atoms with E-state index in [-0.39, 0.29) is 12.2 Å². The fourth-order valence-electron chi connectivity index (χ4n) is 2.47. The molecule has 1 unspecified atom stereocenters. The molecule has 0 aliphatic carbocycles. The highest BCUT2D eigenvalue weighted by Gasteiger charge is 2.34. The molecule has 1 fully saturated rings. The molecule has 21 heavy (non-hydrogen) atoms. The summed E-state index contributed by atoms with van der Waals surface area (Å²) >= 11 is 3.23. The highest BCUT2D eigenvalue weighted by molar-refractivity contribution is 9.10. The van der Waals surface area contributed by atoms with Gasteiger partial charge in [0.1, 0.15) is 11.9 Å². The van der Waals surface area contributed by atoms with Crippen LogP contribution < -0.4 is 0 Å². The Balaban J connectivity index is 2.26. The Morgan fingerprint density at radius 2 is 2.19 bits per heavy atom. The first-order valence-electron chi connectivity index (χ1n) is 6.97. The molecule has 6 heteroatoms. The molecule has 1 atom stereocenters. The molecular formula is C15H17BrFNO3. The molecule has 1 amide bonds. The molecule has 1 aliphatic heterocycles. The van der Waals surface area contributed by atoms with E-state index in [1.165, 1.54) is 23.1 Å². The highest BCUT2D eigenvalue weighted by Crippen LogP contribution is 2.23. The number of hydrogen-bond donors (Lipinski definition) is 0. The lowest BCUT2D eigenvalue weighted by Gasteiger charge is -2.34. The predicted molar refractivity (Wildman–Crippen MR) is 79.4 cm³/mol. The van der Waals surface area contributed by atoms with Crippen molar-refractivity contribution in [3.63, 3.8) is 0 Å². The Labute approximate surface area is 131 Å². The van der Waals surface area contributed by atoms with Gasteiger partial charge >= 0.3 is 5.97 Å². The van der Waals surface area contributed by atoms with Crippen LogP contribution in [0.15, 0.2) is 22.7 Å². The van der Waals surface area contributed by atoms with Crippen LogP contribution in [0.4, 0.5) is 4.39 Å². The van der Waals surface area contributed by atoms with Crippen LogP contribution >= 0.6 is 15.9 Å². The smallest absolute Gasteiger partial charge is 0.328 e. The van der Waals surface area contributed by atoms with Gasteiger partial charge in [-0.1, -0.05) is 15.9 Å². The van der Waals surface area contributed by atoms with Gasteiger partial charge in [-0.2, -0.15) is 0 Å². The summed E-state index contributed by atoms with van der Waals surface area (Å²) in [7, 11) is 0. The summed E-state index contributed by atoms with van der Waals surface area (Å²) in [5.41, 5.74) is -0.0272. The fraction of sp³-hybridized carbons (Fsp3) is 0.467. The van der Waals surface area contributed by atoms with E-state index >= 15 is 0 Å². The lowest BCUT2D eigenvalue weighted by molar-refractivity contribution is -0.149.